The minimum Gasteiger partial charge on any atom is -0.380 e. The Morgan fingerprint density at radius 1 is 1.56 bits per heavy atom. The van der Waals surface area contributed by atoms with E-state index < -0.39 is 0 Å². The maximum atomic E-state index is 13.3. The van der Waals surface area contributed by atoms with Crippen LogP contribution in [0.5, 0.6) is 0 Å². The van der Waals surface area contributed by atoms with Crippen LogP contribution in [0.2, 0.25) is 0 Å². The molecule has 1 saturated heterocycles. The fourth-order valence-electron chi connectivity index (χ4n) is 2.51. The van der Waals surface area contributed by atoms with Crippen molar-refractivity contribution in [3.63, 3.8) is 0 Å². The highest BCUT2D eigenvalue weighted by atomic mass is 19.1. The highest BCUT2D eigenvalue weighted by Gasteiger charge is 2.24. The number of ether oxygens (including phenoxy) is 1. The molecule has 0 spiro atoms. The molecule has 2 rings (SSSR count). The summed E-state index contributed by atoms with van der Waals surface area (Å²) in [5.74, 6) is -0.197. The molecule has 2 N–H and O–H groups in total. The molecule has 1 aliphatic heterocycles. The third-order valence-corrected chi connectivity index (χ3v) is 3.40. The van der Waals surface area contributed by atoms with Crippen LogP contribution >= 0.6 is 0 Å². The number of rotatable bonds is 4. The molecule has 1 aliphatic rings. The van der Waals surface area contributed by atoms with E-state index in [0.29, 0.717) is 6.42 Å². The van der Waals surface area contributed by atoms with Gasteiger partial charge in [-0.25, -0.2) is 4.39 Å². The summed E-state index contributed by atoms with van der Waals surface area (Å²) in [5, 5.41) is 0. The Kier molecular flexibility index (Phi) is 4.19. The second-order valence-corrected chi connectivity index (χ2v) is 5.05. The summed E-state index contributed by atoms with van der Waals surface area (Å²) in [5.41, 5.74) is 7.91. The minimum absolute atomic E-state index is 0.0337. The van der Waals surface area contributed by atoms with Crippen LogP contribution in [-0.4, -0.2) is 32.3 Å². The molecule has 1 aromatic rings. The predicted octanol–water partition coefficient (Wildman–Crippen LogP) is 1.94. The Morgan fingerprint density at radius 2 is 2.33 bits per heavy atom. The molecule has 2 unspecified atom stereocenters. The third kappa shape index (κ3) is 3.00. The van der Waals surface area contributed by atoms with Gasteiger partial charge in [-0.05, 0) is 43.5 Å². The molecule has 1 fully saturated rings. The Balaban J connectivity index is 2.21. The number of benzene rings is 1. The lowest BCUT2D eigenvalue weighted by Crippen LogP contribution is -2.25. The molecule has 1 heterocycles. The van der Waals surface area contributed by atoms with Crippen molar-refractivity contribution < 1.29 is 9.13 Å². The summed E-state index contributed by atoms with van der Waals surface area (Å²) in [6, 6.07) is 5.00. The molecule has 100 valence electrons. The van der Waals surface area contributed by atoms with Crippen molar-refractivity contribution in [1.82, 2.24) is 0 Å². The molecule has 0 bridgehead atoms. The van der Waals surface area contributed by atoms with Gasteiger partial charge in [0, 0.05) is 31.9 Å². The molecule has 0 amide bonds. The monoisotopic (exact) mass is 252 g/mol. The standard InChI is InChI=1S/C14H21FN2O/c1-10(16)7-11-8-12(15)3-4-14(11)17-6-5-13(9-17)18-2/h3-4,8,10,13H,5-7,9,16H2,1-2H3. The number of halogens is 1. The zero-order valence-electron chi connectivity index (χ0n) is 11.0. The normalized spacial score (nSPS) is 21.3. The number of nitrogens with two attached hydrogens (primary N) is 1. The second-order valence-electron chi connectivity index (χ2n) is 5.05. The zero-order chi connectivity index (χ0) is 13.1. The Labute approximate surface area is 108 Å². The van der Waals surface area contributed by atoms with E-state index in [-0.39, 0.29) is 18.0 Å². The Hall–Kier alpha value is -1.13. The van der Waals surface area contributed by atoms with Crippen molar-refractivity contribution in [2.75, 3.05) is 25.1 Å². The first-order valence-corrected chi connectivity index (χ1v) is 6.42. The molecule has 0 aliphatic carbocycles. The average molecular weight is 252 g/mol. The van der Waals surface area contributed by atoms with Crippen molar-refractivity contribution in [2.45, 2.75) is 31.9 Å². The Bertz CT molecular complexity index is 409. The van der Waals surface area contributed by atoms with Gasteiger partial charge in [-0.1, -0.05) is 0 Å². The van der Waals surface area contributed by atoms with Crippen LogP contribution in [0.25, 0.3) is 0 Å². The quantitative estimate of drug-likeness (QED) is 0.890. The first-order valence-electron chi connectivity index (χ1n) is 6.42. The molecular weight excluding hydrogens is 231 g/mol. The van der Waals surface area contributed by atoms with Gasteiger partial charge >= 0.3 is 0 Å². The van der Waals surface area contributed by atoms with Crippen LogP contribution in [0.4, 0.5) is 10.1 Å². The average Bonchev–Trinajstić information content (AvgIpc) is 2.77. The molecule has 1 aromatic carbocycles. The smallest absolute Gasteiger partial charge is 0.123 e. The van der Waals surface area contributed by atoms with Crippen LogP contribution in [0, 0.1) is 5.82 Å². The fourth-order valence-corrected chi connectivity index (χ4v) is 2.51. The van der Waals surface area contributed by atoms with E-state index >= 15 is 0 Å². The predicted molar refractivity (Wildman–Crippen MR) is 71.4 cm³/mol. The van der Waals surface area contributed by atoms with Gasteiger partial charge in [0.1, 0.15) is 5.82 Å². The number of anilines is 1. The van der Waals surface area contributed by atoms with Crippen molar-refractivity contribution in [1.29, 1.82) is 0 Å². The highest BCUT2D eigenvalue weighted by Crippen LogP contribution is 2.27. The fraction of sp³-hybridized carbons (Fsp3) is 0.571. The van der Waals surface area contributed by atoms with Gasteiger partial charge < -0.3 is 15.4 Å². The van der Waals surface area contributed by atoms with Gasteiger partial charge in [0.25, 0.3) is 0 Å². The Morgan fingerprint density at radius 3 is 2.94 bits per heavy atom. The highest BCUT2D eigenvalue weighted by molar-refractivity contribution is 5.55. The summed E-state index contributed by atoms with van der Waals surface area (Å²) < 4.78 is 18.7. The second kappa shape index (κ2) is 5.67. The maximum absolute atomic E-state index is 13.3. The molecular formula is C14H21FN2O. The number of methoxy groups -OCH3 is 1. The lowest BCUT2D eigenvalue weighted by atomic mass is 10.0. The van der Waals surface area contributed by atoms with Gasteiger partial charge in [-0.2, -0.15) is 0 Å². The van der Waals surface area contributed by atoms with Gasteiger partial charge in [-0.3, -0.25) is 0 Å². The van der Waals surface area contributed by atoms with E-state index in [1.54, 1.807) is 13.2 Å². The number of hydrogen-bond acceptors (Lipinski definition) is 3. The number of nitrogens with zero attached hydrogens (tertiary/aromatic N) is 1. The first kappa shape index (κ1) is 13.3. The van der Waals surface area contributed by atoms with Gasteiger partial charge in [0.2, 0.25) is 0 Å². The SMILES string of the molecule is COC1CCN(c2ccc(F)cc2CC(C)N)C1. The molecule has 0 saturated carbocycles. The van der Waals surface area contributed by atoms with Crippen molar-refractivity contribution >= 4 is 5.69 Å². The first-order chi connectivity index (χ1) is 8.60. The minimum atomic E-state index is -0.197. The maximum Gasteiger partial charge on any atom is 0.123 e. The van der Waals surface area contributed by atoms with Crippen molar-refractivity contribution in [3.05, 3.63) is 29.6 Å². The molecule has 3 nitrogen and oxygen atoms in total. The van der Waals surface area contributed by atoms with E-state index in [0.717, 1.165) is 30.8 Å². The molecule has 2 atom stereocenters. The van der Waals surface area contributed by atoms with Gasteiger partial charge in [0.05, 0.1) is 6.10 Å². The topological polar surface area (TPSA) is 38.5 Å². The van der Waals surface area contributed by atoms with Gasteiger partial charge in [0.15, 0.2) is 0 Å². The largest absolute Gasteiger partial charge is 0.380 e. The third-order valence-electron chi connectivity index (χ3n) is 3.40. The summed E-state index contributed by atoms with van der Waals surface area (Å²) in [4.78, 5) is 2.26. The van der Waals surface area contributed by atoms with Gasteiger partial charge in [-0.15, -0.1) is 0 Å². The summed E-state index contributed by atoms with van der Waals surface area (Å²) in [6.07, 6.45) is 1.99. The molecule has 18 heavy (non-hydrogen) atoms. The van der Waals surface area contributed by atoms with Crippen LogP contribution in [-0.2, 0) is 11.2 Å². The molecule has 0 aromatic heterocycles. The molecule has 0 radical (unpaired) electrons. The summed E-state index contributed by atoms with van der Waals surface area (Å²) >= 11 is 0. The zero-order valence-corrected chi connectivity index (χ0v) is 11.0. The summed E-state index contributed by atoms with van der Waals surface area (Å²) in [7, 11) is 1.74. The van der Waals surface area contributed by atoms with E-state index in [4.69, 9.17) is 10.5 Å². The van der Waals surface area contributed by atoms with Crippen LogP contribution in [0.3, 0.4) is 0 Å². The summed E-state index contributed by atoms with van der Waals surface area (Å²) in [6.45, 7) is 3.76. The lowest BCUT2D eigenvalue weighted by molar-refractivity contribution is 0.121. The molecule has 4 heteroatoms. The van der Waals surface area contributed by atoms with Crippen molar-refractivity contribution in [3.8, 4) is 0 Å². The van der Waals surface area contributed by atoms with E-state index in [1.165, 1.54) is 6.07 Å². The lowest BCUT2D eigenvalue weighted by Gasteiger charge is -2.22. The van der Waals surface area contributed by atoms with E-state index in [2.05, 4.69) is 4.90 Å². The van der Waals surface area contributed by atoms with E-state index in [9.17, 15) is 4.39 Å². The van der Waals surface area contributed by atoms with Crippen LogP contribution in [0.15, 0.2) is 18.2 Å². The van der Waals surface area contributed by atoms with Crippen LogP contribution in [0.1, 0.15) is 18.9 Å². The number of hydrogen-bond donors (Lipinski definition) is 1. The van der Waals surface area contributed by atoms with E-state index in [1.807, 2.05) is 13.0 Å². The van der Waals surface area contributed by atoms with Crippen LogP contribution < -0.4 is 10.6 Å². The van der Waals surface area contributed by atoms with Crippen molar-refractivity contribution in [2.24, 2.45) is 5.73 Å².